The Morgan fingerprint density at radius 2 is 2.50 bits per heavy atom. The third-order valence-corrected chi connectivity index (χ3v) is 2.75. The van der Waals surface area contributed by atoms with E-state index in [2.05, 4.69) is 4.98 Å². The maximum absolute atomic E-state index is 10.9. The Morgan fingerprint density at radius 1 is 1.62 bits per heavy atom. The van der Waals surface area contributed by atoms with Crippen LogP contribution in [-0.2, 0) is 22.4 Å². The summed E-state index contributed by atoms with van der Waals surface area (Å²) in [7, 11) is 0. The number of Topliss-reactive ketones (excluding diaryl/α,β-unsaturated/α-hetero) is 1. The number of rotatable bonds is 4. The molecule has 0 aliphatic carbocycles. The number of nitrogens with zero attached hydrogens (tertiary/aromatic N) is 1. The first-order valence-corrected chi connectivity index (χ1v) is 5.74. The van der Waals surface area contributed by atoms with Gasteiger partial charge in [-0.05, 0) is 25.7 Å². The van der Waals surface area contributed by atoms with E-state index in [4.69, 9.17) is 9.15 Å². The van der Waals surface area contributed by atoms with Gasteiger partial charge in [-0.25, -0.2) is 4.98 Å². The highest BCUT2D eigenvalue weighted by molar-refractivity contribution is 5.77. The molecule has 1 unspecified atom stereocenters. The van der Waals surface area contributed by atoms with E-state index in [-0.39, 0.29) is 5.78 Å². The minimum atomic E-state index is 0.112. The van der Waals surface area contributed by atoms with Crippen LogP contribution in [0.4, 0.5) is 0 Å². The van der Waals surface area contributed by atoms with Gasteiger partial charge >= 0.3 is 0 Å². The normalized spacial score (nSPS) is 20.9. The van der Waals surface area contributed by atoms with Gasteiger partial charge in [0.1, 0.15) is 12.0 Å². The third-order valence-electron chi connectivity index (χ3n) is 2.75. The highest BCUT2D eigenvalue weighted by atomic mass is 16.5. The number of carbonyl (C=O) groups excluding carboxylic acids is 1. The molecular formula is C12H17NO3. The number of hydrogen-bond acceptors (Lipinski definition) is 4. The average Bonchev–Trinajstić information content (AvgIpc) is 2.66. The summed E-state index contributed by atoms with van der Waals surface area (Å²) in [5.74, 6) is 1.35. The van der Waals surface area contributed by atoms with E-state index in [1.807, 2.05) is 0 Å². The summed E-state index contributed by atoms with van der Waals surface area (Å²) in [4.78, 5) is 15.2. The monoisotopic (exact) mass is 223 g/mol. The Kier molecular flexibility index (Phi) is 3.72. The van der Waals surface area contributed by atoms with Gasteiger partial charge < -0.3 is 9.15 Å². The third kappa shape index (κ3) is 3.17. The number of ketones is 1. The summed E-state index contributed by atoms with van der Waals surface area (Å²) < 4.78 is 10.8. The van der Waals surface area contributed by atoms with Gasteiger partial charge in [0.15, 0.2) is 5.89 Å². The van der Waals surface area contributed by atoms with Gasteiger partial charge in [-0.2, -0.15) is 0 Å². The van der Waals surface area contributed by atoms with Crippen molar-refractivity contribution >= 4 is 5.78 Å². The average molecular weight is 223 g/mol. The van der Waals surface area contributed by atoms with E-state index in [9.17, 15) is 4.79 Å². The molecule has 88 valence electrons. The van der Waals surface area contributed by atoms with Gasteiger partial charge in [-0.15, -0.1) is 0 Å². The summed E-state index contributed by atoms with van der Waals surface area (Å²) in [5.41, 5.74) is 0.735. The van der Waals surface area contributed by atoms with Crippen LogP contribution in [0.2, 0.25) is 0 Å². The summed E-state index contributed by atoms with van der Waals surface area (Å²) in [6, 6.07) is 0. The number of hydrogen-bond donors (Lipinski definition) is 0. The molecule has 0 amide bonds. The molecule has 1 aromatic heterocycles. The van der Waals surface area contributed by atoms with Crippen LogP contribution in [0.25, 0.3) is 0 Å². The Hall–Kier alpha value is -1.16. The summed E-state index contributed by atoms with van der Waals surface area (Å²) in [6.07, 6.45) is 5.05. The lowest BCUT2D eigenvalue weighted by Crippen LogP contribution is -2.19. The standard InChI is InChI=1S/C12H17NO3/c1-9(14)5-11-8-16-12(13-11)6-10-3-2-4-15-7-10/h8,10H,2-7H2,1H3. The lowest BCUT2D eigenvalue weighted by Gasteiger charge is -2.20. The molecule has 1 fully saturated rings. The first kappa shape index (κ1) is 11.3. The molecule has 0 spiro atoms. The highest BCUT2D eigenvalue weighted by Crippen LogP contribution is 2.18. The van der Waals surface area contributed by atoms with Crippen LogP contribution in [0.15, 0.2) is 10.7 Å². The van der Waals surface area contributed by atoms with E-state index in [1.165, 1.54) is 6.42 Å². The van der Waals surface area contributed by atoms with Crippen LogP contribution in [0.5, 0.6) is 0 Å². The van der Waals surface area contributed by atoms with Crippen molar-refractivity contribution in [3.8, 4) is 0 Å². The molecule has 2 heterocycles. The summed E-state index contributed by atoms with van der Waals surface area (Å²) >= 11 is 0. The quantitative estimate of drug-likeness (QED) is 0.780. The maximum atomic E-state index is 10.9. The topological polar surface area (TPSA) is 52.3 Å². The Labute approximate surface area is 95.0 Å². The molecule has 4 nitrogen and oxygen atoms in total. The largest absolute Gasteiger partial charge is 0.449 e. The molecule has 2 rings (SSSR count). The zero-order chi connectivity index (χ0) is 11.4. The Balaban J connectivity index is 1.88. The van der Waals surface area contributed by atoms with E-state index in [0.29, 0.717) is 12.3 Å². The first-order valence-electron chi connectivity index (χ1n) is 5.74. The molecule has 0 bridgehead atoms. The zero-order valence-corrected chi connectivity index (χ0v) is 9.57. The van der Waals surface area contributed by atoms with E-state index in [0.717, 1.165) is 37.6 Å². The molecule has 4 heteroatoms. The Bertz CT molecular complexity index is 353. The lowest BCUT2D eigenvalue weighted by atomic mass is 9.99. The number of aromatic nitrogens is 1. The van der Waals surface area contributed by atoms with Crippen LogP contribution in [0.1, 0.15) is 31.4 Å². The molecule has 1 atom stereocenters. The van der Waals surface area contributed by atoms with Crippen LogP contribution < -0.4 is 0 Å². The van der Waals surface area contributed by atoms with Gasteiger partial charge in [-0.3, -0.25) is 4.79 Å². The predicted molar refractivity (Wildman–Crippen MR) is 58.1 cm³/mol. The molecule has 1 aliphatic rings. The predicted octanol–water partition coefficient (Wildman–Crippen LogP) is 1.78. The van der Waals surface area contributed by atoms with Gasteiger partial charge in [0.25, 0.3) is 0 Å². The SMILES string of the molecule is CC(=O)Cc1coc(CC2CCCOC2)n1. The van der Waals surface area contributed by atoms with Crippen molar-refractivity contribution in [2.24, 2.45) is 5.92 Å². The van der Waals surface area contributed by atoms with Crippen molar-refractivity contribution in [1.82, 2.24) is 4.98 Å². The smallest absolute Gasteiger partial charge is 0.194 e. The molecule has 0 N–H and O–H groups in total. The lowest BCUT2D eigenvalue weighted by molar-refractivity contribution is -0.116. The number of oxazole rings is 1. The Morgan fingerprint density at radius 3 is 3.19 bits per heavy atom. The molecule has 1 aliphatic heterocycles. The van der Waals surface area contributed by atoms with Crippen molar-refractivity contribution < 1.29 is 13.9 Å². The van der Waals surface area contributed by atoms with Crippen LogP contribution in [-0.4, -0.2) is 24.0 Å². The number of ether oxygens (including phenoxy) is 1. The minimum Gasteiger partial charge on any atom is -0.449 e. The fraction of sp³-hybridized carbons (Fsp3) is 0.667. The molecular weight excluding hydrogens is 206 g/mol. The molecule has 0 aromatic carbocycles. The van der Waals surface area contributed by atoms with Crippen LogP contribution in [0.3, 0.4) is 0 Å². The fourth-order valence-electron chi connectivity index (χ4n) is 1.99. The van der Waals surface area contributed by atoms with Crippen molar-refractivity contribution in [2.75, 3.05) is 13.2 Å². The van der Waals surface area contributed by atoms with Crippen molar-refractivity contribution in [2.45, 2.75) is 32.6 Å². The second-order valence-corrected chi connectivity index (χ2v) is 4.40. The highest BCUT2D eigenvalue weighted by Gasteiger charge is 2.17. The van der Waals surface area contributed by atoms with Crippen molar-refractivity contribution in [3.05, 3.63) is 17.8 Å². The molecule has 1 aromatic rings. The molecule has 1 saturated heterocycles. The van der Waals surface area contributed by atoms with Crippen molar-refractivity contribution in [3.63, 3.8) is 0 Å². The van der Waals surface area contributed by atoms with E-state index >= 15 is 0 Å². The molecule has 16 heavy (non-hydrogen) atoms. The minimum absolute atomic E-state index is 0.112. The molecule has 0 saturated carbocycles. The van der Waals surface area contributed by atoms with Gasteiger partial charge in [0.2, 0.25) is 0 Å². The molecule has 0 radical (unpaired) electrons. The second-order valence-electron chi connectivity index (χ2n) is 4.40. The van der Waals surface area contributed by atoms with E-state index < -0.39 is 0 Å². The fourth-order valence-corrected chi connectivity index (χ4v) is 1.99. The van der Waals surface area contributed by atoms with Crippen LogP contribution in [0, 0.1) is 5.92 Å². The number of carbonyl (C=O) groups is 1. The first-order chi connectivity index (χ1) is 7.74. The van der Waals surface area contributed by atoms with Gasteiger partial charge in [-0.1, -0.05) is 0 Å². The second kappa shape index (κ2) is 5.25. The van der Waals surface area contributed by atoms with E-state index in [1.54, 1.807) is 13.2 Å². The summed E-state index contributed by atoms with van der Waals surface area (Å²) in [5, 5.41) is 0. The maximum Gasteiger partial charge on any atom is 0.194 e. The zero-order valence-electron chi connectivity index (χ0n) is 9.57. The van der Waals surface area contributed by atoms with Gasteiger partial charge in [0, 0.05) is 19.6 Å². The van der Waals surface area contributed by atoms with Crippen molar-refractivity contribution in [1.29, 1.82) is 0 Å². The van der Waals surface area contributed by atoms with Gasteiger partial charge in [0.05, 0.1) is 12.1 Å². The van der Waals surface area contributed by atoms with Crippen LogP contribution >= 0.6 is 0 Å². The summed E-state index contributed by atoms with van der Waals surface area (Å²) in [6.45, 7) is 3.23.